The molecule has 2 nitrogen and oxygen atoms in total. The van der Waals surface area contributed by atoms with Crippen LogP contribution >= 0.6 is 11.8 Å². The minimum Gasteiger partial charge on any atom is -0.493 e. The van der Waals surface area contributed by atoms with Crippen molar-refractivity contribution in [3.05, 3.63) is 29.6 Å². The van der Waals surface area contributed by atoms with Gasteiger partial charge in [-0.2, -0.15) is 11.8 Å². The molecule has 0 radical (unpaired) electrons. The highest BCUT2D eigenvalue weighted by atomic mass is 32.2. The predicted octanol–water partition coefficient (Wildman–Crippen LogP) is 3.46. The summed E-state index contributed by atoms with van der Waals surface area (Å²) in [5.74, 6) is 1.45. The molecular formula is C14H22FNOS. The maximum Gasteiger partial charge on any atom is 0.127 e. The molecule has 1 N–H and O–H groups in total. The fraction of sp³-hybridized carbons (Fsp3) is 0.571. The number of nitrogens with one attached hydrogen (secondary N) is 1. The minimum absolute atomic E-state index is 0.238. The summed E-state index contributed by atoms with van der Waals surface area (Å²) in [5.41, 5.74) is 0.920. The molecule has 0 aromatic heterocycles. The molecule has 1 aromatic carbocycles. The normalized spacial score (nSPS) is 10.9. The molecule has 0 heterocycles. The van der Waals surface area contributed by atoms with Gasteiger partial charge in [-0.05, 0) is 36.1 Å². The first-order chi connectivity index (χ1) is 8.61. The topological polar surface area (TPSA) is 21.3 Å². The average molecular weight is 271 g/mol. The van der Waals surface area contributed by atoms with Gasteiger partial charge in [0.15, 0.2) is 0 Å². The molecule has 18 heavy (non-hydrogen) atoms. The van der Waals surface area contributed by atoms with Crippen molar-refractivity contribution in [1.82, 2.24) is 5.32 Å². The van der Waals surface area contributed by atoms with Crippen molar-refractivity contribution in [1.29, 1.82) is 0 Å². The van der Waals surface area contributed by atoms with E-state index in [1.807, 2.05) is 6.07 Å². The first-order valence-electron chi connectivity index (χ1n) is 6.26. The molecule has 0 aliphatic heterocycles. The Balaban J connectivity index is 2.51. The maximum absolute atomic E-state index is 13.4. The minimum atomic E-state index is -0.238. The molecule has 1 aromatic rings. The lowest BCUT2D eigenvalue weighted by Crippen LogP contribution is -2.21. The largest absolute Gasteiger partial charge is 0.493 e. The predicted molar refractivity (Wildman–Crippen MR) is 76.9 cm³/mol. The molecule has 0 fully saturated rings. The van der Waals surface area contributed by atoms with Gasteiger partial charge in [0.1, 0.15) is 11.6 Å². The van der Waals surface area contributed by atoms with E-state index in [2.05, 4.69) is 25.4 Å². The molecule has 0 bridgehead atoms. The van der Waals surface area contributed by atoms with Crippen molar-refractivity contribution in [3.63, 3.8) is 0 Å². The Morgan fingerprint density at radius 1 is 1.33 bits per heavy atom. The highest BCUT2D eigenvalue weighted by Gasteiger charge is 2.03. The first kappa shape index (κ1) is 15.3. The average Bonchev–Trinajstić information content (AvgIpc) is 2.32. The van der Waals surface area contributed by atoms with Crippen LogP contribution in [-0.2, 0) is 6.54 Å². The van der Waals surface area contributed by atoms with Gasteiger partial charge in [0, 0.05) is 18.7 Å². The van der Waals surface area contributed by atoms with Crippen LogP contribution in [0.2, 0.25) is 0 Å². The van der Waals surface area contributed by atoms with Crippen molar-refractivity contribution >= 4 is 11.8 Å². The molecule has 0 aliphatic carbocycles. The van der Waals surface area contributed by atoms with Crippen molar-refractivity contribution in [2.75, 3.05) is 18.6 Å². The molecule has 102 valence electrons. The SMILES string of the molecule is CSCCCOc1cc(F)cc(CNC(C)C)c1. The number of thioether (sulfide) groups is 1. The molecule has 0 atom stereocenters. The molecule has 0 saturated carbocycles. The Hall–Kier alpha value is -0.740. The smallest absolute Gasteiger partial charge is 0.127 e. The number of rotatable bonds is 8. The van der Waals surface area contributed by atoms with Gasteiger partial charge in [0.25, 0.3) is 0 Å². The summed E-state index contributed by atoms with van der Waals surface area (Å²) in [6.45, 7) is 5.44. The summed E-state index contributed by atoms with van der Waals surface area (Å²) in [5, 5.41) is 3.27. The van der Waals surface area contributed by atoms with E-state index >= 15 is 0 Å². The van der Waals surface area contributed by atoms with Crippen LogP contribution in [0.15, 0.2) is 18.2 Å². The second kappa shape index (κ2) is 8.38. The molecular weight excluding hydrogens is 249 g/mol. The van der Waals surface area contributed by atoms with Gasteiger partial charge in [0.2, 0.25) is 0 Å². The number of benzene rings is 1. The van der Waals surface area contributed by atoms with Crippen LogP contribution < -0.4 is 10.1 Å². The van der Waals surface area contributed by atoms with Gasteiger partial charge < -0.3 is 10.1 Å². The zero-order chi connectivity index (χ0) is 13.4. The Kier molecular flexibility index (Phi) is 7.13. The third kappa shape index (κ3) is 6.26. The molecule has 0 unspecified atom stereocenters. The summed E-state index contributed by atoms with van der Waals surface area (Å²) < 4.78 is 19.0. The lowest BCUT2D eigenvalue weighted by atomic mass is 10.2. The quantitative estimate of drug-likeness (QED) is 0.732. The first-order valence-corrected chi connectivity index (χ1v) is 7.66. The highest BCUT2D eigenvalue weighted by molar-refractivity contribution is 7.98. The van der Waals surface area contributed by atoms with E-state index in [-0.39, 0.29) is 5.82 Å². The zero-order valence-electron chi connectivity index (χ0n) is 11.3. The molecule has 4 heteroatoms. The zero-order valence-corrected chi connectivity index (χ0v) is 12.1. The van der Waals surface area contributed by atoms with Crippen LogP contribution in [0.5, 0.6) is 5.75 Å². The van der Waals surface area contributed by atoms with Crippen molar-refractivity contribution in [2.45, 2.75) is 32.9 Å². The summed E-state index contributed by atoms with van der Waals surface area (Å²) >= 11 is 1.79. The van der Waals surface area contributed by atoms with Gasteiger partial charge in [-0.25, -0.2) is 4.39 Å². The van der Waals surface area contributed by atoms with Gasteiger partial charge >= 0.3 is 0 Å². The van der Waals surface area contributed by atoms with E-state index in [1.165, 1.54) is 6.07 Å². The fourth-order valence-electron chi connectivity index (χ4n) is 1.52. The molecule has 0 saturated heterocycles. The van der Waals surface area contributed by atoms with Crippen LogP contribution in [-0.4, -0.2) is 24.7 Å². The molecule has 0 spiro atoms. The molecule has 0 aliphatic rings. The summed E-state index contributed by atoms with van der Waals surface area (Å²) in [6.07, 6.45) is 3.05. The van der Waals surface area contributed by atoms with E-state index in [0.29, 0.717) is 24.9 Å². The summed E-state index contributed by atoms with van der Waals surface area (Å²) in [6, 6.07) is 5.28. The van der Waals surface area contributed by atoms with Crippen LogP contribution in [0.3, 0.4) is 0 Å². The Bertz CT molecular complexity index is 358. The van der Waals surface area contributed by atoms with E-state index in [4.69, 9.17) is 4.74 Å². The van der Waals surface area contributed by atoms with Crippen molar-refractivity contribution in [3.8, 4) is 5.75 Å². The summed E-state index contributed by atoms with van der Waals surface area (Å²) in [7, 11) is 0. The third-order valence-electron chi connectivity index (χ3n) is 2.41. The van der Waals surface area contributed by atoms with Crippen molar-refractivity contribution in [2.24, 2.45) is 0 Å². The number of halogens is 1. The number of hydrogen-bond donors (Lipinski definition) is 1. The van der Waals surface area contributed by atoms with E-state index < -0.39 is 0 Å². The van der Waals surface area contributed by atoms with Crippen LogP contribution in [0.1, 0.15) is 25.8 Å². The Morgan fingerprint density at radius 2 is 2.11 bits per heavy atom. The van der Waals surface area contributed by atoms with E-state index in [1.54, 1.807) is 17.8 Å². The van der Waals surface area contributed by atoms with Crippen LogP contribution in [0, 0.1) is 5.82 Å². The number of hydrogen-bond acceptors (Lipinski definition) is 3. The maximum atomic E-state index is 13.4. The lowest BCUT2D eigenvalue weighted by Gasteiger charge is -2.11. The second-order valence-electron chi connectivity index (χ2n) is 4.53. The van der Waals surface area contributed by atoms with E-state index in [0.717, 1.165) is 17.7 Å². The lowest BCUT2D eigenvalue weighted by molar-refractivity contribution is 0.316. The van der Waals surface area contributed by atoms with Gasteiger partial charge in [-0.1, -0.05) is 13.8 Å². The Labute approximate surface area is 113 Å². The fourth-order valence-corrected chi connectivity index (χ4v) is 1.93. The van der Waals surface area contributed by atoms with Gasteiger partial charge in [-0.15, -0.1) is 0 Å². The molecule has 0 amide bonds. The second-order valence-corrected chi connectivity index (χ2v) is 5.51. The number of ether oxygens (including phenoxy) is 1. The van der Waals surface area contributed by atoms with Crippen LogP contribution in [0.4, 0.5) is 4.39 Å². The van der Waals surface area contributed by atoms with Crippen molar-refractivity contribution < 1.29 is 9.13 Å². The Morgan fingerprint density at radius 3 is 2.78 bits per heavy atom. The monoisotopic (exact) mass is 271 g/mol. The highest BCUT2D eigenvalue weighted by Crippen LogP contribution is 2.17. The van der Waals surface area contributed by atoms with Crippen LogP contribution in [0.25, 0.3) is 0 Å². The van der Waals surface area contributed by atoms with Gasteiger partial charge in [0.05, 0.1) is 6.61 Å². The standard InChI is InChI=1S/C14H22FNOS/c1-11(2)16-10-12-7-13(15)9-14(8-12)17-5-4-6-18-3/h7-9,11,16H,4-6,10H2,1-3H3. The van der Waals surface area contributed by atoms with Gasteiger partial charge in [-0.3, -0.25) is 0 Å². The van der Waals surface area contributed by atoms with E-state index in [9.17, 15) is 4.39 Å². The third-order valence-corrected chi connectivity index (χ3v) is 3.10. The summed E-state index contributed by atoms with van der Waals surface area (Å²) in [4.78, 5) is 0. The molecule has 1 rings (SSSR count).